The molecule has 0 bridgehead atoms. The Hall–Kier alpha value is -2.46. The van der Waals surface area contributed by atoms with Gasteiger partial charge in [-0.1, -0.05) is 19.9 Å². The third-order valence-corrected chi connectivity index (χ3v) is 7.14. The zero-order valence-electron chi connectivity index (χ0n) is 17.3. The molecule has 2 heterocycles. The highest BCUT2D eigenvalue weighted by atomic mass is 32.2. The van der Waals surface area contributed by atoms with E-state index in [0.29, 0.717) is 13.1 Å². The van der Waals surface area contributed by atoms with Crippen LogP contribution in [0.25, 0.3) is 0 Å². The summed E-state index contributed by atoms with van der Waals surface area (Å²) in [6.07, 6.45) is 1.56. The Morgan fingerprint density at radius 2 is 2.00 bits per heavy atom. The van der Waals surface area contributed by atoms with E-state index in [0.717, 1.165) is 17.1 Å². The second kappa shape index (κ2) is 9.13. The van der Waals surface area contributed by atoms with Crippen molar-refractivity contribution in [3.05, 3.63) is 29.8 Å². The first-order chi connectivity index (χ1) is 14.2. The van der Waals surface area contributed by atoms with Crippen molar-refractivity contribution in [3.8, 4) is 0 Å². The Labute approximate surface area is 176 Å². The number of hydrogen-bond donors (Lipinski definition) is 2. The van der Waals surface area contributed by atoms with E-state index in [9.17, 15) is 22.8 Å². The zero-order valence-corrected chi connectivity index (χ0v) is 18.1. The summed E-state index contributed by atoms with van der Waals surface area (Å²) in [5, 5.41) is 5.56. The molecule has 1 unspecified atom stereocenters. The van der Waals surface area contributed by atoms with Gasteiger partial charge in [0, 0.05) is 43.7 Å². The summed E-state index contributed by atoms with van der Waals surface area (Å²) >= 11 is 0. The maximum atomic E-state index is 13.0. The molecule has 0 aromatic heterocycles. The summed E-state index contributed by atoms with van der Waals surface area (Å²) in [6.45, 7) is 4.79. The van der Waals surface area contributed by atoms with E-state index in [-0.39, 0.29) is 59.8 Å². The van der Waals surface area contributed by atoms with E-state index >= 15 is 0 Å². The van der Waals surface area contributed by atoms with Gasteiger partial charge in [0.05, 0.1) is 11.4 Å². The number of nitrogens with one attached hydrogen (secondary N) is 2. The smallest absolute Gasteiger partial charge is 0.253 e. The molecule has 1 aromatic carbocycles. The molecular formula is C20H28N4O5S. The van der Waals surface area contributed by atoms with Crippen molar-refractivity contribution in [1.29, 1.82) is 0 Å². The van der Waals surface area contributed by atoms with Gasteiger partial charge in [-0.05, 0) is 31.0 Å². The summed E-state index contributed by atoms with van der Waals surface area (Å²) in [4.78, 5) is 38.2. The third-order valence-electron chi connectivity index (χ3n) is 5.30. The Kier molecular flexibility index (Phi) is 6.77. The highest BCUT2D eigenvalue weighted by molar-refractivity contribution is 7.89. The van der Waals surface area contributed by atoms with Gasteiger partial charge in [-0.25, -0.2) is 8.42 Å². The lowest BCUT2D eigenvalue weighted by atomic mass is 10.0. The molecular weight excluding hydrogens is 408 g/mol. The monoisotopic (exact) mass is 436 g/mol. The summed E-state index contributed by atoms with van der Waals surface area (Å²) in [5.41, 5.74) is 0.272. The molecule has 0 radical (unpaired) electrons. The molecule has 2 N–H and O–H groups in total. The number of piperidine rings is 1. The molecule has 2 fully saturated rings. The van der Waals surface area contributed by atoms with Crippen molar-refractivity contribution in [1.82, 2.24) is 19.8 Å². The Balaban J connectivity index is 1.74. The fourth-order valence-corrected chi connectivity index (χ4v) is 5.03. The minimum atomic E-state index is -3.87. The van der Waals surface area contributed by atoms with Gasteiger partial charge in [-0.3, -0.25) is 14.4 Å². The van der Waals surface area contributed by atoms with Crippen molar-refractivity contribution in [2.75, 3.05) is 32.7 Å². The van der Waals surface area contributed by atoms with E-state index in [2.05, 4.69) is 10.6 Å². The highest BCUT2D eigenvalue weighted by Crippen LogP contribution is 2.20. The summed E-state index contributed by atoms with van der Waals surface area (Å²) in [5.74, 6) is -0.797. The SMILES string of the molecule is CC(C)C(=O)NC1CCCN(C(=O)c2cccc(S(=O)(=O)N3CCNC(=O)C3)c2)C1. The van der Waals surface area contributed by atoms with E-state index in [1.807, 2.05) is 13.8 Å². The summed E-state index contributed by atoms with van der Waals surface area (Å²) in [6, 6.07) is 5.80. The van der Waals surface area contributed by atoms with Crippen LogP contribution in [-0.2, 0) is 19.6 Å². The first-order valence-electron chi connectivity index (χ1n) is 10.1. The fourth-order valence-electron chi connectivity index (χ4n) is 3.59. The summed E-state index contributed by atoms with van der Waals surface area (Å²) in [7, 11) is -3.87. The molecule has 0 spiro atoms. The lowest BCUT2D eigenvalue weighted by Crippen LogP contribution is -2.50. The largest absolute Gasteiger partial charge is 0.354 e. The lowest BCUT2D eigenvalue weighted by molar-refractivity contribution is -0.125. The Morgan fingerprint density at radius 1 is 1.23 bits per heavy atom. The van der Waals surface area contributed by atoms with Crippen molar-refractivity contribution >= 4 is 27.7 Å². The third kappa shape index (κ3) is 4.99. The van der Waals surface area contributed by atoms with E-state index in [1.165, 1.54) is 18.2 Å². The van der Waals surface area contributed by atoms with Crippen LogP contribution >= 0.6 is 0 Å². The zero-order chi connectivity index (χ0) is 21.9. The van der Waals surface area contributed by atoms with Crippen molar-refractivity contribution < 1.29 is 22.8 Å². The molecule has 9 nitrogen and oxygen atoms in total. The minimum absolute atomic E-state index is 0.00952. The van der Waals surface area contributed by atoms with E-state index in [1.54, 1.807) is 11.0 Å². The van der Waals surface area contributed by atoms with Crippen LogP contribution in [0, 0.1) is 5.92 Å². The topological polar surface area (TPSA) is 116 Å². The van der Waals surface area contributed by atoms with Gasteiger partial charge in [0.1, 0.15) is 0 Å². The summed E-state index contributed by atoms with van der Waals surface area (Å²) < 4.78 is 26.9. The van der Waals surface area contributed by atoms with Crippen LogP contribution in [0.2, 0.25) is 0 Å². The molecule has 0 aliphatic carbocycles. The van der Waals surface area contributed by atoms with E-state index < -0.39 is 10.0 Å². The van der Waals surface area contributed by atoms with Crippen LogP contribution in [0.1, 0.15) is 37.0 Å². The second-order valence-electron chi connectivity index (χ2n) is 7.97. The molecule has 30 heavy (non-hydrogen) atoms. The molecule has 3 amide bonds. The maximum Gasteiger partial charge on any atom is 0.253 e. The predicted octanol–water partition coefficient (Wildman–Crippen LogP) is 0.184. The fraction of sp³-hybridized carbons (Fsp3) is 0.550. The standard InChI is InChI=1S/C20H28N4O5S/c1-14(2)19(26)22-16-6-4-9-23(12-16)20(27)15-5-3-7-17(11-15)30(28,29)24-10-8-21-18(25)13-24/h3,5,7,11,14,16H,4,6,8-10,12-13H2,1-2H3,(H,21,25)(H,22,26). The minimum Gasteiger partial charge on any atom is -0.354 e. The molecule has 0 saturated carbocycles. The van der Waals surface area contributed by atoms with Crippen LogP contribution < -0.4 is 10.6 Å². The predicted molar refractivity (Wildman–Crippen MR) is 110 cm³/mol. The van der Waals surface area contributed by atoms with Crippen LogP contribution in [0.3, 0.4) is 0 Å². The van der Waals surface area contributed by atoms with Crippen molar-refractivity contribution in [2.45, 2.75) is 37.6 Å². The molecule has 3 rings (SSSR count). The normalized spacial score (nSPS) is 20.7. The van der Waals surface area contributed by atoms with Crippen LogP contribution in [0.5, 0.6) is 0 Å². The highest BCUT2D eigenvalue weighted by Gasteiger charge is 2.31. The molecule has 10 heteroatoms. The van der Waals surface area contributed by atoms with Crippen LogP contribution in [0.15, 0.2) is 29.2 Å². The Morgan fingerprint density at radius 3 is 2.70 bits per heavy atom. The number of amides is 3. The number of sulfonamides is 1. The van der Waals surface area contributed by atoms with Crippen LogP contribution in [0.4, 0.5) is 0 Å². The molecule has 2 aliphatic heterocycles. The van der Waals surface area contributed by atoms with Gasteiger partial charge in [-0.15, -0.1) is 0 Å². The van der Waals surface area contributed by atoms with Gasteiger partial charge < -0.3 is 15.5 Å². The molecule has 164 valence electrons. The maximum absolute atomic E-state index is 13.0. The first kappa shape index (κ1) is 22.2. The number of benzene rings is 1. The molecule has 2 saturated heterocycles. The van der Waals surface area contributed by atoms with Gasteiger partial charge >= 0.3 is 0 Å². The average molecular weight is 437 g/mol. The Bertz CT molecular complexity index is 931. The number of carbonyl (C=O) groups excluding carboxylic acids is 3. The van der Waals surface area contributed by atoms with Gasteiger partial charge in [0.2, 0.25) is 21.8 Å². The van der Waals surface area contributed by atoms with Gasteiger partial charge in [0.15, 0.2) is 0 Å². The van der Waals surface area contributed by atoms with Gasteiger partial charge in [0.25, 0.3) is 5.91 Å². The quantitative estimate of drug-likeness (QED) is 0.683. The van der Waals surface area contributed by atoms with Crippen LogP contribution in [-0.4, -0.2) is 74.1 Å². The average Bonchev–Trinajstić information content (AvgIpc) is 2.73. The number of likely N-dealkylation sites (tertiary alicyclic amines) is 1. The molecule has 1 aromatic rings. The number of nitrogens with zero attached hydrogens (tertiary/aromatic N) is 2. The molecule has 2 aliphatic rings. The molecule has 1 atom stereocenters. The van der Waals surface area contributed by atoms with Crippen molar-refractivity contribution in [2.24, 2.45) is 5.92 Å². The van der Waals surface area contributed by atoms with Gasteiger partial charge in [-0.2, -0.15) is 4.31 Å². The number of rotatable bonds is 5. The number of piperazine rings is 1. The van der Waals surface area contributed by atoms with Crippen molar-refractivity contribution in [3.63, 3.8) is 0 Å². The lowest BCUT2D eigenvalue weighted by Gasteiger charge is -2.33. The van der Waals surface area contributed by atoms with E-state index in [4.69, 9.17) is 0 Å². The number of carbonyl (C=O) groups is 3. The number of hydrogen-bond acceptors (Lipinski definition) is 5. The second-order valence-corrected chi connectivity index (χ2v) is 9.91. The first-order valence-corrected chi connectivity index (χ1v) is 11.6.